The number of fused-ring (bicyclic) bond motifs is 1. The van der Waals surface area contributed by atoms with Crippen LogP contribution >= 0.6 is 0 Å². The second-order valence-electron chi connectivity index (χ2n) is 9.29. The van der Waals surface area contributed by atoms with Crippen molar-refractivity contribution in [3.05, 3.63) is 93.8 Å². The Hall–Kier alpha value is -3.36. The van der Waals surface area contributed by atoms with Crippen LogP contribution in [-0.2, 0) is 25.8 Å². The number of rotatable bonds is 10. The van der Waals surface area contributed by atoms with Gasteiger partial charge in [-0.15, -0.1) is 0 Å². The topological polar surface area (TPSA) is 94.2 Å². The lowest BCUT2D eigenvalue weighted by atomic mass is 9.97. The molecule has 1 aliphatic carbocycles. The lowest BCUT2D eigenvalue weighted by molar-refractivity contribution is 0.0825. The smallest absolute Gasteiger partial charge is 0.268 e. The minimum absolute atomic E-state index is 0.00490. The molecule has 0 saturated carbocycles. The van der Waals surface area contributed by atoms with Gasteiger partial charge in [0.05, 0.1) is 12.1 Å². The molecule has 0 bridgehead atoms. The highest BCUT2D eigenvalue weighted by Gasteiger charge is 2.26. The number of aromatic amines is 1. The standard InChI is InChI=1S/C28H31F2N3O3/c1-2-17-5-3-6-18(9-17)15-31-16-27(35)24(12-19-10-20(29)13-21(30)11-19)33-28(36)25-14-22-23(32-25)7-4-8-26(22)34/h3,5-6,9-11,13-14,24,27,31-32,35H,2,4,7-8,12,15-16H2,1H3,(H,33,36)/t24-,27+/m0/s1. The molecular formula is C28H31F2N3O3. The maximum absolute atomic E-state index is 13.8. The van der Waals surface area contributed by atoms with Crippen LogP contribution in [0.25, 0.3) is 0 Å². The summed E-state index contributed by atoms with van der Waals surface area (Å²) >= 11 is 0. The van der Waals surface area contributed by atoms with Crippen molar-refractivity contribution in [2.24, 2.45) is 0 Å². The highest BCUT2D eigenvalue weighted by atomic mass is 19.1. The van der Waals surface area contributed by atoms with Gasteiger partial charge in [-0.05, 0) is 60.6 Å². The number of hydrogen-bond acceptors (Lipinski definition) is 4. The molecule has 6 nitrogen and oxygen atoms in total. The second-order valence-corrected chi connectivity index (χ2v) is 9.29. The predicted octanol–water partition coefficient (Wildman–Crippen LogP) is 3.87. The summed E-state index contributed by atoms with van der Waals surface area (Å²) in [7, 11) is 0. The molecule has 8 heteroatoms. The Morgan fingerprint density at radius 3 is 2.53 bits per heavy atom. The highest BCUT2D eigenvalue weighted by Crippen LogP contribution is 2.22. The number of nitrogens with one attached hydrogen (secondary N) is 3. The van der Waals surface area contributed by atoms with E-state index in [-0.39, 0.29) is 24.4 Å². The highest BCUT2D eigenvalue weighted by molar-refractivity contribution is 6.02. The molecule has 1 amide bonds. The Labute approximate surface area is 209 Å². The first kappa shape index (κ1) is 25.7. The van der Waals surface area contributed by atoms with E-state index in [0.717, 1.165) is 30.2 Å². The molecule has 0 spiro atoms. The van der Waals surface area contributed by atoms with E-state index in [1.807, 2.05) is 18.2 Å². The van der Waals surface area contributed by atoms with E-state index in [2.05, 4.69) is 28.6 Å². The second kappa shape index (κ2) is 11.6. The zero-order valence-electron chi connectivity index (χ0n) is 20.2. The van der Waals surface area contributed by atoms with E-state index in [0.29, 0.717) is 30.5 Å². The number of amides is 1. The summed E-state index contributed by atoms with van der Waals surface area (Å²) < 4.78 is 27.6. The van der Waals surface area contributed by atoms with Gasteiger partial charge >= 0.3 is 0 Å². The number of carbonyl (C=O) groups excluding carboxylic acids is 2. The van der Waals surface area contributed by atoms with Crippen molar-refractivity contribution in [1.29, 1.82) is 0 Å². The summed E-state index contributed by atoms with van der Waals surface area (Å²) in [6.45, 7) is 2.75. The number of Topliss-reactive ketones (excluding diaryl/α,β-unsaturated/α-hetero) is 1. The van der Waals surface area contributed by atoms with E-state index in [9.17, 15) is 23.5 Å². The van der Waals surface area contributed by atoms with E-state index < -0.39 is 29.7 Å². The summed E-state index contributed by atoms with van der Waals surface area (Å²) in [6.07, 6.45) is 1.77. The molecule has 0 unspecified atom stereocenters. The van der Waals surface area contributed by atoms with E-state index in [4.69, 9.17) is 0 Å². The maximum atomic E-state index is 13.8. The molecule has 0 saturated heterocycles. The Balaban J connectivity index is 1.47. The lowest BCUT2D eigenvalue weighted by Gasteiger charge is -2.25. The molecule has 4 rings (SSSR count). The summed E-state index contributed by atoms with van der Waals surface area (Å²) in [6, 6.07) is 12.0. The third kappa shape index (κ3) is 6.44. The van der Waals surface area contributed by atoms with Gasteiger partial charge < -0.3 is 20.7 Å². The van der Waals surface area contributed by atoms with Crippen molar-refractivity contribution >= 4 is 11.7 Å². The number of aromatic nitrogens is 1. The molecule has 0 aliphatic heterocycles. The zero-order chi connectivity index (χ0) is 25.7. The fourth-order valence-electron chi connectivity index (χ4n) is 4.60. The van der Waals surface area contributed by atoms with Crippen LogP contribution in [0.4, 0.5) is 8.78 Å². The molecular weight excluding hydrogens is 464 g/mol. The number of benzene rings is 2. The average molecular weight is 496 g/mol. The number of aliphatic hydroxyl groups is 1. The SMILES string of the molecule is CCc1cccc(CNC[C@@H](O)[C@H](Cc2cc(F)cc(F)c2)NC(=O)c2cc3c([nH]2)CCCC3=O)c1. The molecule has 36 heavy (non-hydrogen) atoms. The Bertz CT molecular complexity index is 1220. The van der Waals surface area contributed by atoms with Crippen LogP contribution in [-0.4, -0.2) is 40.5 Å². The van der Waals surface area contributed by atoms with Crippen molar-refractivity contribution in [2.45, 2.75) is 57.7 Å². The number of halogens is 2. The number of hydrogen-bond donors (Lipinski definition) is 4. The first-order valence-corrected chi connectivity index (χ1v) is 12.3. The molecule has 1 aromatic heterocycles. The summed E-state index contributed by atoms with van der Waals surface area (Å²) in [5, 5.41) is 17.0. The first-order valence-electron chi connectivity index (χ1n) is 12.3. The van der Waals surface area contributed by atoms with E-state index >= 15 is 0 Å². The van der Waals surface area contributed by atoms with Gasteiger partial charge in [0.1, 0.15) is 17.3 Å². The van der Waals surface area contributed by atoms with Crippen LogP contribution in [0.15, 0.2) is 48.5 Å². The molecule has 1 heterocycles. The van der Waals surface area contributed by atoms with E-state index in [1.54, 1.807) is 0 Å². The van der Waals surface area contributed by atoms with E-state index in [1.165, 1.54) is 23.8 Å². The lowest BCUT2D eigenvalue weighted by Crippen LogP contribution is -2.48. The van der Waals surface area contributed by atoms with Gasteiger partial charge in [-0.1, -0.05) is 31.2 Å². The first-order chi connectivity index (χ1) is 17.3. The van der Waals surface area contributed by atoms with Crippen LogP contribution in [0.5, 0.6) is 0 Å². The van der Waals surface area contributed by atoms with Crippen LogP contribution in [0, 0.1) is 11.6 Å². The van der Waals surface area contributed by atoms with Crippen molar-refractivity contribution in [2.75, 3.05) is 6.54 Å². The molecule has 4 N–H and O–H groups in total. The number of aliphatic hydroxyl groups excluding tert-OH is 1. The maximum Gasteiger partial charge on any atom is 0.268 e. The molecule has 1 aliphatic rings. The van der Waals surface area contributed by atoms with Gasteiger partial charge in [-0.25, -0.2) is 8.78 Å². The van der Waals surface area contributed by atoms with Crippen molar-refractivity contribution < 1.29 is 23.5 Å². The molecule has 0 radical (unpaired) electrons. The fourth-order valence-corrected chi connectivity index (χ4v) is 4.60. The van der Waals surface area contributed by atoms with Crippen LogP contribution in [0.3, 0.4) is 0 Å². The monoisotopic (exact) mass is 495 g/mol. The summed E-state index contributed by atoms with van der Waals surface area (Å²) in [5.74, 6) is -1.95. The Morgan fingerprint density at radius 2 is 1.81 bits per heavy atom. The predicted molar refractivity (Wildman–Crippen MR) is 133 cm³/mol. The van der Waals surface area contributed by atoms with Gasteiger partial charge in [0.15, 0.2) is 5.78 Å². The number of ketones is 1. The van der Waals surface area contributed by atoms with Crippen molar-refractivity contribution in [3.63, 3.8) is 0 Å². The summed E-state index contributed by atoms with van der Waals surface area (Å²) in [4.78, 5) is 28.2. The number of H-pyrrole nitrogens is 1. The van der Waals surface area contributed by atoms with Crippen molar-refractivity contribution in [1.82, 2.24) is 15.6 Å². The molecule has 2 aromatic carbocycles. The minimum Gasteiger partial charge on any atom is -0.390 e. The van der Waals surface area contributed by atoms with Crippen molar-refractivity contribution in [3.8, 4) is 0 Å². The van der Waals surface area contributed by atoms with Gasteiger partial charge in [-0.3, -0.25) is 9.59 Å². The summed E-state index contributed by atoms with van der Waals surface area (Å²) in [5.41, 5.74) is 4.07. The van der Waals surface area contributed by atoms with Gasteiger partial charge in [0.25, 0.3) is 5.91 Å². The number of aryl methyl sites for hydroxylation is 2. The Morgan fingerprint density at radius 1 is 1.06 bits per heavy atom. The van der Waals surface area contributed by atoms with Gasteiger partial charge in [0, 0.05) is 36.8 Å². The minimum atomic E-state index is -1.04. The molecule has 3 aromatic rings. The largest absolute Gasteiger partial charge is 0.390 e. The Kier molecular flexibility index (Phi) is 8.28. The third-order valence-electron chi connectivity index (χ3n) is 6.52. The normalized spacial score (nSPS) is 14.8. The molecule has 0 fully saturated rings. The average Bonchev–Trinajstić information content (AvgIpc) is 3.29. The molecule has 190 valence electrons. The molecule has 2 atom stereocenters. The fraction of sp³-hybridized carbons (Fsp3) is 0.357. The zero-order valence-corrected chi connectivity index (χ0v) is 20.2. The van der Waals surface area contributed by atoms with Gasteiger partial charge in [-0.2, -0.15) is 0 Å². The number of carbonyl (C=O) groups is 2. The third-order valence-corrected chi connectivity index (χ3v) is 6.52. The van der Waals surface area contributed by atoms with Crippen LogP contribution in [0.2, 0.25) is 0 Å². The van der Waals surface area contributed by atoms with Crippen LogP contribution < -0.4 is 10.6 Å². The van der Waals surface area contributed by atoms with Gasteiger partial charge in [0.2, 0.25) is 0 Å². The van der Waals surface area contributed by atoms with Crippen LogP contribution in [0.1, 0.15) is 63.0 Å². The quantitative estimate of drug-likeness (QED) is 0.344.